The van der Waals surface area contributed by atoms with Crippen molar-refractivity contribution in [1.82, 2.24) is 0 Å². The Hall–Kier alpha value is -2.23. The van der Waals surface area contributed by atoms with E-state index in [0.29, 0.717) is 11.1 Å². The van der Waals surface area contributed by atoms with Crippen LogP contribution >= 0.6 is 0 Å². The molecule has 0 bridgehead atoms. The van der Waals surface area contributed by atoms with Crippen LogP contribution in [-0.2, 0) is 4.74 Å². The number of methoxy groups -OCH3 is 1. The van der Waals surface area contributed by atoms with Gasteiger partial charge in [-0.3, -0.25) is 0 Å². The Morgan fingerprint density at radius 1 is 1.31 bits per heavy atom. The van der Waals surface area contributed by atoms with Crippen molar-refractivity contribution in [2.24, 2.45) is 5.41 Å². The molecule has 0 atom stereocenters. The summed E-state index contributed by atoms with van der Waals surface area (Å²) in [6.07, 6.45) is 3.08. The lowest BCUT2D eigenvalue weighted by Gasteiger charge is -2.36. The molecular formula is C22H26F2O2. The van der Waals surface area contributed by atoms with Crippen LogP contribution in [0.1, 0.15) is 62.9 Å². The maximum absolute atomic E-state index is 15.0. The molecule has 0 spiro atoms. The summed E-state index contributed by atoms with van der Waals surface area (Å²) in [6, 6.07) is 3.61. The van der Waals surface area contributed by atoms with E-state index in [1.807, 2.05) is 0 Å². The van der Waals surface area contributed by atoms with E-state index in [9.17, 15) is 9.18 Å². The topological polar surface area (TPSA) is 26.3 Å². The minimum Gasteiger partial charge on any atom is -0.465 e. The Labute approximate surface area is 154 Å². The first-order valence-corrected chi connectivity index (χ1v) is 8.74. The quantitative estimate of drug-likeness (QED) is 0.459. The molecule has 1 aromatic rings. The van der Waals surface area contributed by atoms with Crippen molar-refractivity contribution in [3.8, 4) is 0 Å². The SMILES string of the molecule is C=C(C1=C(C)CCCC1(C)C)/C(C)=C(\F)c1ccc(C(=O)OC)cc1F. The molecule has 1 aliphatic rings. The first-order valence-electron chi connectivity index (χ1n) is 8.74. The van der Waals surface area contributed by atoms with Crippen LogP contribution in [0.4, 0.5) is 8.78 Å². The summed E-state index contributed by atoms with van der Waals surface area (Å²) in [5.74, 6) is -2.12. The highest BCUT2D eigenvalue weighted by Crippen LogP contribution is 2.46. The second kappa shape index (κ2) is 7.56. The molecule has 26 heavy (non-hydrogen) atoms. The van der Waals surface area contributed by atoms with Crippen molar-refractivity contribution < 1.29 is 18.3 Å². The molecule has 0 unspecified atom stereocenters. The van der Waals surface area contributed by atoms with Crippen LogP contribution in [0.5, 0.6) is 0 Å². The number of allylic oxidation sites excluding steroid dienone is 4. The van der Waals surface area contributed by atoms with Gasteiger partial charge in [-0.05, 0) is 73.4 Å². The molecule has 0 aromatic heterocycles. The van der Waals surface area contributed by atoms with E-state index in [4.69, 9.17) is 0 Å². The Bertz CT molecular complexity index is 813. The highest BCUT2D eigenvalue weighted by Gasteiger charge is 2.31. The average molecular weight is 360 g/mol. The number of carbonyl (C=O) groups is 1. The van der Waals surface area contributed by atoms with Gasteiger partial charge in [0.25, 0.3) is 0 Å². The summed E-state index contributed by atoms with van der Waals surface area (Å²) in [5, 5.41) is 0. The molecule has 0 saturated heterocycles. The van der Waals surface area contributed by atoms with E-state index in [0.717, 1.165) is 30.9 Å². The van der Waals surface area contributed by atoms with Gasteiger partial charge in [0.2, 0.25) is 0 Å². The maximum Gasteiger partial charge on any atom is 0.337 e. The molecule has 2 nitrogen and oxygen atoms in total. The van der Waals surface area contributed by atoms with Gasteiger partial charge in [-0.25, -0.2) is 13.6 Å². The molecule has 1 aliphatic carbocycles. The van der Waals surface area contributed by atoms with E-state index in [2.05, 4.69) is 32.1 Å². The number of halogens is 2. The molecule has 0 N–H and O–H groups in total. The van der Waals surface area contributed by atoms with Gasteiger partial charge in [-0.15, -0.1) is 0 Å². The number of rotatable bonds is 4. The minimum absolute atomic E-state index is 0.0463. The maximum atomic E-state index is 15.0. The molecule has 1 aromatic carbocycles. The normalized spacial score (nSPS) is 17.7. The molecule has 0 radical (unpaired) electrons. The lowest BCUT2D eigenvalue weighted by Crippen LogP contribution is -2.22. The number of ether oxygens (including phenoxy) is 1. The van der Waals surface area contributed by atoms with E-state index in [1.54, 1.807) is 6.92 Å². The van der Waals surface area contributed by atoms with Crippen molar-refractivity contribution in [1.29, 1.82) is 0 Å². The zero-order chi connectivity index (χ0) is 19.6. The smallest absolute Gasteiger partial charge is 0.337 e. The fraction of sp³-hybridized carbons (Fsp3) is 0.409. The van der Waals surface area contributed by atoms with Gasteiger partial charge in [-0.2, -0.15) is 0 Å². The van der Waals surface area contributed by atoms with Crippen molar-refractivity contribution in [2.75, 3.05) is 7.11 Å². The molecule has 4 heteroatoms. The van der Waals surface area contributed by atoms with E-state index >= 15 is 4.39 Å². The highest BCUT2D eigenvalue weighted by molar-refractivity contribution is 5.89. The molecule has 0 amide bonds. The zero-order valence-electron chi connectivity index (χ0n) is 16.1. The van der Waals surface area contributed by atoms with Gasteiger partial charge in [0.1, 0.15) is 11.6 Å². The van der Waals surface area contributed by atoms with Crippen LogP contribution in [0.15, 0.2) is 47.1 Å². The molecule has 0 heterocycles. The van der Waals surface area contributed by atoms with Gasteiger partial charge in [0.15, 0.2) is 0 Å². The zero-order valence-corrected chi connectivity index (χ0v) is 16.1. The monoisotopic (exact) mass is 360 g/mol. The largest absolute Gasteiger partial charge is 0.465 e. The predicted molar refractivity (Wildman–Crippen MR) is 101 cm³/mol. The third kappa shape index (κ3) is 3.79. The molecule has 2 rings (SSSR count). The van der Waals surface area contributed by atoms with Crippen LogP contribution in [0, 0.1) is 11.2 Å². The molecule has 0 saturated carbocycles. The third-order valence-electron chi connectivity index (χ3n) is 5.17. The number of hydrogen-bond acceptors (Lipinski definition) is 2. The third-order valence-corrected chi connectivity index (χ3v) is 5.17. The summed E-state index contributed by atoms with van der Waals surface area (Å²) in [4.78, 5) is 11.5. The number of esters is 1. The van der Waals surface area contributed by atoms with Crippen LogP contribution < -0.4 is 0 Å². The number of hydrogen-bond donors (Lipinski definition) is 0. The Morgan fingerprint density at radius 3 is 2.50 bits per heavy atom. The fourth-order valence-electron chi connectivity index (χ4n) is 3.75. The average Bonchev–Trinajstić information content (AvgIpc) is 2.58. The first kappa shape index (κ1) is 20.1. The van der Waals surface area contributed by atoms with Gasteiger partial charge >= 0.3 is 5.97 Å². The first-order chi connectivity index (χ1) is 12.1. The van der Waals surface area contributed by atoms with Crippen LogP contribution in [0.25, 0.3) is 5.83 Å². The van der Waals surface area contributed by atoms with Crippen LogP contribution in [0.3, 0.4) is 0 Å². The second-order valence-electron chi connectivity index (χ2n) is 7.50. The van der Waals surface area contributed by atoms with Crippen molar-refractivity contribution in [3.63, 3.8) is 0 Å². The molecular weight excluding hydrogens is 334 g/mol. The van der Waals surface area contributed by atoms with E-state index in [1.165, 1.54) is 24.8 Å². The van der Waals surface area contributed by atoms with Crippen molar-refractivity contribution in [3.05, 3.63) is 64.0 Å². The fourth-order valence-corrected chi connectivity index (χ4v) is 3.75. The van der Waals surface area contributed by atoms with Gasteiger partial charge in [-0.1, -0.05) is 26.0 Å². The molecule has 0 aliphatic heterocycles. The minimum atomic E-state index is -0.800. The Kier molecular flexibility index (Phi) is 5.84. The second-order valence-corrected chi connectivity index (χ2v) is 7.50. The van der Waals surface area contributed by atoms with Crippen molar-refractivity contribution in [2.45, 2.75) is 47.0 Å². The van der Waals surface area contributed by atoms with E-state index < -0.39 is 17.6 Å². The van der Waals surface area contributed by atoms with E-state index in [-0.39, 0.29) is 16.5 Å². The molecule has 0 fully saturated rings. The lowest BCUT2D eigenvalue weighted by molar-refractivity contribution is 0.0600. The van der Waals surface area contributed by atoms with Crippen molar-refractivity contribution >= 4 is 11.8 Å². The summed E-state index contributed by atoms with van der Waals surface area (Å²) in [7, 11) is 1.21. The summed E-state index contributed by atoms with van der Waals surface area (Å²) in [5.41, 5.74) is 2.98. The van der Waals surface area contributed by atoms with Crippen LogP contribution in [0.2, 0.25) is 0 Å². The van der Waals surface area contributed by atoms with Crippen LogP contribution in [-0.4, -0.2) is 13.1 Å². The van der Waals surface area contributed by atoms with Gasteiger partial charge in [0, 0.05) is 5.56 Å². The summed E-state index contributed by atoms with van der Waals surface area (Å²) in [6.45, 7) is 12.0. The highest BCUT2D eigenvalue weighted by atomic mass is 19.1. The Balaban J connectivity index is 2.46. The number of benzene rings is 1. The Morgan fingerprint density at radius 2 is 1.96 bits per heavy atom. The molecule has 140 valence electrons. The lowest BCUT2D eigenvalue weighted by atomic mass is 9.69. The number of carbonyl (C=O) groups excluding carboxylic acids is 1. The summed E-state index contributed by atoms with van der Waals surface area (Å²) < 4.78 is 34.0. The predicted octanol–water partition coefficient (Wildman–Crippen LogP) is 6.40. The van der Waals surface area contributed by atoms with Gasteiger partial charge < -0.3 is 4.74 Å². The standard InChI is InChI=1S/C22H26F2O2/c1-13-8-7-11-22(4,5)19(13)14(2)15(3)20(24)17-10-9-16(12-18(17)23)21(25)26-6/h9-10,12H,2,7-8,11H2,1,3-6H3/b20-15-. The van der Waals surface area contributed by atoms with Gasteiger partial charge in [0.05, 0.1) is 12.7 Å². The summed E-state index contributed by atoms with van der Waals surface area (Å²) >= 11 is 0.